The molecule has 0 unspecified atom stereocenters. The number of methoxy groups -OCH3 is 1. The number of benzene rings is 1. The van der Waals surface area contributed by atoms with E-state index in [1.807, 2.05) is 0 Å². The van der Waals surface area contributed by atoms with E-state index < -0.39 is 11.8 Å². The summed E-state index contributed by atoms with van der Waals surface area (Å²) in [7, 11) is 1.33. The number of carboxylic acid groups (broad SMARTS) is 1. The molecule has 25 heavy (non-hydrogen) atoms. The summed E-state index contributed by atoms with van der Waals surface area (Å²) < 4.78 is 18.4. The molecule has 1 aromatic carbocycles. The quantitative estimate of drug-likeness (QED) is 0.843. The van der Waals surface area contributed by atoms with Crippen LogP contribution < -0.4 is 4.74 Å². The van der Waals surface area contributed by atoms with E-state index in [1.54, 1.807) is 4.90 Å². The van der Waals surface area contributed by atoms with E-state index in [0.717, 1.165) is 0 Å². The average molecular weight is 348 g/mol. The molecular weight excluding hydrogens is 331 g/mol. The summed E-state index contributed by atoms with van der Waals surface area (Å²) in [5.41, 5.74) is 0.909. The van der Waals surface area contributed by atoms with Crippen molar-refractivity contribution in [2.45, 2.75) is 12.3 Å². The molecule has 1 aliphatic heterocycles. The number of rotatable bonds is 5. The van der Waals surface area contributed by atoms with Crippen molar-refractivity contribution < 1.29 is 23.8 Å². The van der Waals surface area contributed by atoms with Gasteiger partial charge in [0.2, 0.25) is 0 Å². The second kappa shape index (κ2) is 6.88. The molecule has 1 aromatic heterocycles. The van der Waals surface area contributed by atoms with E-state index in [2.05, 4.69) is 15.4 Å². The van der Waals surface area contributed by atoms with Gasteiger partial charge in [-0.2, -0.15) is 15.4 Å². The molecule has 1 saturated heterocycles. The number of carbonyl (C=O) groups is 2. The number of nitrogens with one attached hydrogen (secondary N) is 1. The van der Waals surface area contributed by atoms with Gasteiger partial charge >= 0.3 is 5.97 Å². The van der Waals surface area contributed by atoms with Crippen LogP contribution in [-0.2, 0) is 4.79 Å². The molecule has 2 atom stereocenters. The number of likely N-dealkylation sites (tertiary alicyclic amines) is 1. The van der Waals surface area contributed by atoms with Gasteiger partial charge in [-0.25, -0.2) is 4.39 Å². The molecule has 0 saturated carbocycles. The monoisotopic (exact) mass is 348 g/mol. The molecule has 2 N–H and O–H groups in total. The Bertz CT molecular complexity index is 780. The fraction of sp³-hybridized carbons (Fsp3) is 0.375. The number of carboxylic acids is 1. The second-order valence-corrected chi connectivity index (χ2v) is 5.92. The van der Waals surface area contributed by atoms with E-state index >= 15 is 0 Å². The molecule has 0 bridgehead atoms. The maximum absolute atomic E-state index is 13.5. The summed E-state index contributed by atoms with van der Waals surface area (Å²) in [6.45, 7) is 0.603. The van der Waals surface area contributed by atoms with Crippen LogP contribution in [0.3, 0.4) is 0 Å². The van der Waals surface area contributed by atoms with Crippen molar-refractivity contribution in [2.24, 2.45) is 5.92 Å². The van der Waals surface area contributed by atoms with Crippen LogP contribution in [0.1, 0.15) is 28.4 Å². The Morgan fingerprint density at radius 2 is 2.24 bits per heavy atom. The molecule has 2 aromatic rings. The number of aromatic nitrogens is 3. The molecule has 3 rings (SSSR count). The Kier molecular flexibility index (Phi) is 4.64. The van der Waals surface area contributed by atoms with Crippen molar-refractivity contribution in [1.82, 2.24) is 20.3 Å². The number of hydrogen-bond donors (Lipinski definition) is 2. The van der Waals surface area contributed by atoms with Crippen LogP contribution in [0.15, 0.2) is 24.4 Å². The van der Waals surface area contributed by atoms with E-state index in [1.165, 1.54) is 31.5 Å². The third kappa shape index (κ3) is 3.44. The van der Waals surface area contributed by atoms with Crippen molar-refractivity contribution in [2.75, 3.05) is 20.2 Å². The molecule has 2 heterocycles. The Hall–Kier alpha value is -2.97. The lowest BCUT2D eigenvalue weighted by Gasteiger charge is -2.16. The number of aliphatic carboxylic acids is 1. The predicted molar refractivity (Wildman–Crippen MR) is 83.7 cm³/mol. The lowest BCUT2D eigenvalue weighted by molar-refractivity contribution is -0.138. The van der Waals surface area contributed by atoms with Crippen molar-refractivity contribution >= 4 is 11.9 Å². The van der Waals surface area contributed by atoms with Crippen molar-refractivity contribution in [1.29, 1.82) is 0 Å². The van der Waals surface area contributed by atoms with Crippen molar-refractivity contribution in [3.63, 3.8) is 0 Å². The number of nitrogens with zero attached hydrogens (tertiary/aromatic N) is 3. The first-order valence-corrected chi connectivity index (χ1v) is 7.70. The Morgan fingerprint density at radius 1 is 1.44 bits per heavy atom. The summed E-state index contributed by atoms with van der Waals surface area (Å²) in [5, 5.41) is 19.4. The highest BCUT2D eigenvalue weighted by molar-refractivity contribution is 5.95. The van der Waals surface area contributed by atoms with Crippen LogP contribution in [0, 0.1) is 11.7 Å². The number of aromatic amines is 1. The lowest BCUT2D eigenvalue weighted by Crippen LogP contribution is -2.29. The van der Waals surface area contributed by atoms with Crippen LogP contribution in [0.2, 0.25) is 0 Å². The van der Waals surface area contributed by atoms with Gasteiger partial charge in [0.15, 0.2) is 11.6 Å². The molecular formula is C16H17FN4O4. The smallest absolute Gasteiger partial charge is 0.303 e. The van der Waals surface area contributed by atoms with Gasteiger partial charge in [-0.1, -0.05) is 0 Å². The highest BCUT2D eigenvalue weighted by atomic mass is 19.1. The topological polar surface area (TPSA) is 108 Å². The van der Waals surface area contributed by atoms with E-state index in [-0.39, 0.29) is 42.0 Å². The van der Waals surface area contributed by atoms with Crippen LogP contribution in [-0.4, -0.2) is 57.5 Å². The molecule has 8 nitrogen and oxygen atoms in total. The van der Waals surface area contributed by atoms with Crippen LogP contribution in [0.4, 0.5) is 4.39 Å². The molecule has 0 aliphatic carbocycles. The van der Waals surface area contributed by atoms with Crippen LogP contribution in [0.25, 0.3) is 0 Å². The first-order valence-electron chi connectivity index (χ1n) is 7.70. The molecule has 1 fully saturated rings. The maximum atomic E-state index is 13.5. The lowest BCUT2D eigenvalue weighted by atomic mass is 9.91. The first-order chi connectivity index (χ1) is 12.0. The van der Waals surface area contributed by atoms with Gasteiger partial charge in [0.25, 0.3) is 5.91 Å². The highest BCUT2D eigenvalue weighted by Crippen LogP contribution is 2.34. The molecule has 1 amide bonds. The van der Waals surface area contributed by atoms with Gasteiger partial charge in [0.1, 0.15) is 0 Å². The van der Waals surface area contributed by atoms with E-state index in [0.29, 0.717) is 12.2 Å². The summed E-state index contributed by atoms with van der Waals surface area (Å²) in [6.07, 6.45) is 1.46. The van der Waals surface area contributed by atoms with Crippen molar-refractivity contribution in [3.8, 4) is 5.75 Å². The summed E-state index contributed by atoms with van der Waals surface area (Å²) in [4.78, 5) is 25.4. The van der Waals surface area contributed by atoms with E-state index in [4.69, 9.17) is 9.84 Å². The third-order valence-corrected chi connectivity index (χ3v) is 4.38. The van der Waals surface area contributed by atoms with Gasteiger partial charge in [-0.05, 0) is 24.1 Å². The van der Waals surface area contributed by atoms with Gasteiger partial charge in [0, 0.05) is 24.6 Å². The zero-order chi connectivity index (χ0) is 18.0. The standard InChI is InChI=1S/C16H17FN4O4/c1-25-14-4-9(2-3-12(14)17)16(24)21-7-10(5-15(22)23)11(8-21)13-6-18-20-19-13/h2-4,6,10-11H,5,7-8H2,1H3,(H,22,23)(H,18,19,20)/t10-,11+/m0/s1. The summed E-state index contributed by atoms with van der Waals surface area (Å²) >= 11 is 0. The highest BCUT2D eigenvalue weighted by Gasteiger charge is 2.39. The van der Waals surface area contributed by atoms with Crippen LogP contribution in [0.5, 0.6) is 5.75 Å². The third-order valence-electron chi connectivity index (χ3n) is 4.38. The summed E-state index contributed by atoms with van der Waals surface area (Å²) in [6, 6.07) is 3.90. The van der Waals surface area contributed by atoms with Gasteiger partial charge in [0.05, 0.1) is 25.4 Å². The Labute approximate surface area is 142 Å². The number of H-pyrrole nitrogens is 1. The van der Waals surface area contributed by atoms with E-state index in [9.17, 15) is 14.0 Å². The Balaban J connectivity index is 1.83. The van der Waals surface area contributed by atoms with Gasteiger partial charge in [-0.15, -0.1) is 0 Å². The minimum atomic E-state index is -0.934. The first kappa shape index (κ1) is 16.9. The number of amides is 1. The van der Waals surface area contributed by atoms with Crippen molar-refractivity contribution in [3.05, 3.63) is 41.5 Å². The molecule has 132 valence electrons. The molecule has 0 radical (unpaired) electrons. The molecule has 9 heteroatoms. The predicted octanol–water partition coefficient (Wildman–Crippen LogP) is 1.28. The fourth-order valence-electron chi connectivity index (χ4n) is 3.17. The number of carbonyl (C=O) groups excluding carboxylic acids is 1. The zero-order valence-corrected chi connectivity index (χ0v) is 13.5. The normalized spacial score (nSPS) is 19.8. The summed E-state index contributed by atoms with van der Waals surface area (Å²) in [5.74, 6) is -2.30. The minimum absolute atomic E-state index is 0.0137. The average Bonchev–Trinajstić information content (AvgIpc) is 3.23. The molecule has 0 spiro atoms. The zero-order valence-electron chi connectivity index (χ0n) is 13.5. The number of hydrogen-bond acceptors (Lipinski definition) is 5. The minimum Gasteiger partial charge on any atom is -0.494 e. The molecule has 1 aliphatic rings. The Morgan fingerprint density at radius 3 is 2.88 bits per heavy atom. The number of halogens is 1. The largest absolute Gasteiger partial charge is 0.494 e. The maximum Gasteiger partial charge on any atom is 0.303 e. The van der Waals surface area contributed by atoms with Crippen LogP contribution >= 0.6 is 0 Å². The number of ether oxygens (including phenoxy) is 1. The second-order valence-electron chi connectivity index (χ2n) is 5.92. The SMILES string of the molecule is COc1cc(C(=O)N2C[C@H](CC(=O)O)[C@H](c3cn[nH]n3)C2)ccc1F. The van der Waals surface area contributed by atoms with Gasteiger partial charge < -0.3 is 14.7 Å². The fourth-order valence-corrected chi connectivity index (χ4v) is 3.17. The van der Waals surface area contributed by atoms with Gasteiger partial charge in [-0.3, -0.25) is 9.59 Å².